The Balaban J connectivity index is 1.85. The van der Waals surface area contributed by atoms with Crippen LogP contribution >= 0.6 is 0 Å². The number of rotatable bonds is 5. The summed E-state index contributed by atoms with van der Waals surface area (Å²) in [6.07, 6.45) is 4.43. The number of aliphatic hydroxyl groups is 1. The van der Waals surface area contributed by atoms with E-state index in [0.717, 1.165) is 38.4 Å². The lowest BCUT2D eigenvalue weighted by Crippen LogP contribution is -2.52. The van der Waals surface area contributed by atoms with Crippen LogP contribution in [-0.2, 0) is 0 Å². The van der Waals surface area contributed by atoms with Gasteiger partial charge in [0.2, 0.25) is 0 Å². The molecular weight excluding hydrogens is 278 g/mol. The molecule has 2 aliphatic heterocycles. The van der Waals surface area contributed by atoms with Crippen LogP contribution in [0.2, 0.25) is 0 Å². The standard InChI is InChI=1S/C17H33N3O2/c1-13(2)16(19-9-6-14(3)7-10-19)11-18-17(22)20-8-4-5-15(20)12-21/h13-16,21H,4-12H2,1-3H3,(H,18,22). The number of amides is 2. The van der Waals surface area contributed by atoms with Gasteiger partial charge in [0.1, 0.15) is 0 Å². The highest BCUT2D eigenvalue weighted by atomic mass is 16.3. The van der Waals surface area contributed by atoms with Crippen LogP contribution < -0.4 is 5.32 Å². The van der Waals surface area contributed by atoms with Gasteiger partial charge in [0.15, 0.2) is 0 Å². The molecule has 0 saturated carbocycles. The zero-order valence-electron chi connectivity index (χ0n) is 14.4. The van der Waals surface area contributed by atoms with Gasteiger partial charge in [0, 0.05) is 19.1 Å². The Morgan fingerprint density at radius 2 is 1.91 bits per heavy atom. The topological polar surface area (TPSA) is 55.8 Å². The number of hydrogen-bond donors (Lipinski definition) is 2. The molecule has 5 heteroatoms. The minimum Gasteiger partial charge on any atom is -0.394 e. The molecule has 2 atom stereocenters. The second-order valence-corrected chi connectivity index (χ2v) is 7.39. The van der Waals surface area contributed by atoms with Crippen LogP contribution in [0, 0.1) is 11.8 Å². The molecule has 2 saturated heterocycles. The van der Waals surface area contributed by atoms with Crippen LogP contribution in [0.15, 0.2) is 0 Å². The summed E-state index contributed by atoms with van der Waals surface area (Å²) in [6, 6.07) is 0.410. The van der Waals surface area contributed by atoms with Gasteiger partial charge in [-0.1, -0.05) is 20.8 Å². The molecule has 2 rings (SSSR count). The average molecular weight is 311 g/mol. The SMILES string of the molecule is CC1CCN(C(CNC(=O)N2CCCC2CO)C(C)C)CC1. The molecule has 5 nitrogen and oxygen atoms in total. The van der Waals surface area contributed by atoms with Crippen LogP contribution in [0.4, 0.5) is 4.79 Å². The van der Waals surface area contributed by atoms with Crippen molar-refractivity contribution in [3.8, 4) is 0 Å². The van der Waals surface area contributed by atoms with Gasteiger partial charge in [-0.25, -0.2) is 4.79 Å². The molecule has 0 spiro atoms. The van der Waals surface area contributed by atoms with Crippen LogP contribution in [0.5, 0.6) is 0 Å². The molecule has 0 aromatic carbocycles. The average Bonchev–Trinajstić information content (AvgIpc) is 2.97. The van der Waals surface area contributed by atoms with Crippen molar-refractivity contribution in [2.45, 2.75) is 58.5 Å². The fourth-order valence-corrected chi connectivity index (χ4v) is 3.73. The second kappa shape index (κ2) is 8.16. The molecule has 0 radical (unpaired) electrons. The van der Waals surface area contributed by atoms with Crippen LogP contribution in [-0.4, -0.2) is 65.8 Å². The molecule has 128 valence electrons. The van der Waals surface area contributed by atoms with E-state index in [-0.39, 0.29) is 18.7 Å². The summed E-state index contributed by atoms with van der Waals surface area (Å²) in [5.41, 5.74) is 0. The van der Waals surface area contributed by atoms with Crippen LogP contribution in [0.3, 0.4) is 0 Å². The van der Waals surface area contributed by atoms with Gasteiger partial charge in [-0.05, 0) is 50.6 Å². The third-order valence-electron chi connectivity index (χ3n) is 5.37. The smallest absolute Gasteiger partial charge is 0.317 e. The van der Waals surface area contributed by atoms with Crippen molar-refractivity contribution in [3.63, 3.8) is 0 Å². The summed E-state index contributed by atoms with van der Waals surface area (Å²) in [5.74, 6) is 1.36. The second-order valence-electron chi connectivity index (χ2n) is 7.39. The molecule has 2 amide bonds. The minimum absolute atomic E-state index is 0.00687. The highest BCUT2D eigenvalue weighted by Crippen LogP contribution is 2.21. The molecule has 2 N–H and O–H groups in total. The molecule has 2 fully saturated rings. The van der Waals surface area contributed by atoms with Crippen molar-refractivity contribution in [2.75, 3.05) is 32.8 Å². The Kier molecular flexibility index (Phi) is 6.50. The van der Waals surface area contributed by atoms with E-state index in [2.05, 4.69) is 31.0 Å². The summed E-state index contributed by atoms with van der Waals surface area (Å²) in [6.45, 7) is 10.6. The predicted molar refractivity (Wildman–Crippen MR) is 88.8 cm³/mol. The summed E-state index contributed by atoms with van der Waals surface area (Å²) in [7, 11) is 0. The van der Waals surface area contributed by atoms with Gasteiger partial charge in [0.25, 0.3) is 0 Å². The van der Waals surface area contributed by atoms with E-state index in [9.17, 15) is 9.90 Å². The monoisotopic (exact) mass is 311 g/mol. The normalized spacial score (nSPS) is 25.7. The van der Waals surface area contributed by atoms with E-state index in [4.69, 9.17) is 0 Å². The number of hydrogen-bond acceptors (Lipinski definition) is 3. The van der Waals surface area contributed by atoms with E-state index in [0.29, 0.717) is 18.5 Å². The first kappa shape index (κ1) is 17.5. The first-order valence-corrected chi connectivity index (χ1v) is 8.92. The number of carbonyl (C=O) groups is 1. The number of likely N-dealkylation sites (tertiary alicyclic amines) is 2. The van der Waals surface area contributed by atoms with Crippen molar-refractivity contribution >= 4 is 6.03 Å². The molecule has 0 aliphatic carbocycles. The number of piperidine rings is 1. The van der Waals surface area contributed by atoms with Crippen molar-refractivity contribution in [2.24, 2.45) is 11.8 Å². The van der Waals surface area contributed by atoms with Gasteiger partial charge in [-0.2, -0.15) is 0 Å². The van der Waals surface area contributed by atoms with Crippen molar-refractivity contribution in [1.82, 2.24) is 15.1 Å². The van der Waals surface area contributed by atoms with Gasteiger partial charge < -0.3 is 15.3 Å². The quantitative estimate of drug-likeness (QED) is 0.815. The Bertz CT molecular complexity index is 354. The number of nitrogens with zero attached hydrogens (tertiary/aromatic N) is 2. The highest BCUT2D eigenvalue weighted by molar-refractivity contribution is 5.74. The zero-order valence-corrected chi connectivity index (χ0v) is 14.4. The van der Waals surface area contributed by atoms with Crippen LogP contribution in [0.25, 0.3) is 0 Å². The van der Waals surface area contributed by atoms with E-state index < -0.39 is 0 Å². The molecule has 22 heavy (non-hydrogen) atoms. The number of carbonyl (C=O) groups excluding carboxylic acids is 1. The number of nitrogens with one attached hydrogen (secondary N) is 1. The third kappa shape index (κ3) is 4.35. The minimum atomic E-state index is -0.00687. The van der Waals surface area contributed by atoms with Crippen molar-refractivity contribution in [1.29, 1.82) is 0 Å². The first-order valence-electron chi connectivity index (χ1n) is 8.92. The molecule has 2 heterocycles. The summed E-state index contributed by atoms with van der Waals surface area (Å²) in [4.78, 5) is 16.7. The van der Waals surface area contributed by atoms with Crippen LogP contribution in [0.1, 0.15) is 46.5 Å². The third-order valence-corrected chi connectivity index (χ3v) is 5.37. The van der Waals surface area contributed by atoms with Gasteiger partial charge >= 0.3 is 6.03 Å². The molecule has 0 bridgehead atoms. The number of urea groups is 1. The Labute approximate surface area is 135 Å². The molecule has 2 unspecified atom stereocenters. The van der Waals surface area contributed by atoms with E-state index in [1.807, 2.05) is 0 Å². The van der Waals surface area contributed by atoms with Gasteiger partial charge in [-0.3, -0.25) is 4.90 Å². The maximum atomic E-state index is 12.4. The lowest BCUT2D eigenvalue weighted by Gasteiger charge is -2.39. The maximum absolute atomic E-state index is 12.4. The lowest BCUT2D eigenvalue weighted by atomic mass is 9.94. The molecule has 0 aromatic heterocycles. The van der Waals surface area contributed by atoms with E-state index in [1.54, 1.807) is 4.90 Å². The summed E-state index contributed by atoms with van der Waals surface area (Å²) < 4.78 is 0. The summed E-state index contributed by atoms with van der Waals surface area (Å²) in [5, 5.41) is 12.5. The Morgan fingerprint density at radius 1 is 1.23 bits per heavy atom. The van der Waals surface area contributed by atoms with Gasteiger partial charge in [0.05, 0.1) is 12.6 Å². The van der Waals surface area contributed by atoms with Crippen molar-refractivity contribution < 1.29 is 9.90 Å². The molecule has 2 aliphatic rings. The maximum Gasteiger partial charge on any atom is 0.317 e. The van der Waals surface area contributed by atoms with Gasteiger partial charge in [-0.15, -0.1) is 0 Å². The predicted octanol–water partition coefficient (Wildman–Crippen LogP) is 1.91. The fraction of sp³-hybridized carbons (Fsp3) is 0.941. The molecule has 0 aromatic rings. The summed E-state index contributed by atoms with van der Waals surface area (Å²) >= 11 is 0. The Morgan fingerprint density at radius 3 is 2.50 bits per heavy atom. The zero-order chi connectivity index (χ0) is 16.1. The van der Waals surface area contributed by atoms with Crippen molar-refractivity contribution in [3.05, 3.63) is 0 Å². The van der Waals surface area contributed by atoms with E-state index in [1.165, 1.54) is 12.8 Å². The fourth-order valence-electron chi connectivity index (χ4n) is 3.73. The number of aliphatic hydroxyl groups excluding tert-OH is 1. The lowest BCUT2D eigenvalue weighted by molar-refractivity contribution is 0.104. The van der Waals surface area contributed by atoms with E-state index >= 15 is 0 Å². The highest BCUT2D eigenvalue weighted by Gasteiger charge is 2.30. The first-order chi connectivity index (χ1) is 10.5. The largest absolute Gasteiger partial charge is 0.394 e. The Hall–Kier alpha value is -0.810. The molecular formula is C17H33N3O2.